The molecule has 0 radical (unpaired) electrons. The molecule has 0 saturated heterocycles. The van der Waals surface area contributed by atoms with E-state index in [2.05, 4.69) is 0 Å². The third-order valence-electron chi connectivity index (χ3n) is 4.23. The fraction of sp³-hybridized carbons (Fsp3) is 0.316. The number of hydroxylamine groups is 1. The second kappa shape index (κ2) is 8.70. The van der Waals surface area contributed by atoms with Crippen LogP contribution in [0.25, 0.3) is 0 Å². The molecule has 0 spiro atoms. The molecule has 2 aromatic rings. The summed E-state index contributed by atoms with van der Waals surface area (Å²) in [4.78, 5) is 11.6. The number of sulfone groups is 1. The number of carbonyl (C=O) groups is 1. The van der Waals surface area contributed by atoms with Gasteiger partial charge in [0.25, 0.3) is 5.91 Å². The maximum atomic E-state index is 12.6. The van der Waals surface area contributed by atoms with Gasteiger partial charge in [0.1, 0.15) is 11.5 Å². The van der Waals surface area contributed by atoms with Crippen LogP contribution in [0.2, 0.25) is 0 Å². The van der Waals surface area contributed by atoms with Gasteiger partial charge in [0.15, 0.2) is 15.4 Å². The lowest BCUT2D eigenvalue weighted by Crippen LogP contribution is -2.53. The van der Waals surface area contributed by atoms with Crippen molar-refractivity contribution in [3.05, 3.63) is 53.6 Å². The van der Waals surface area contributed by atoms with Crippen molar-refractivity contribution >= 4 is 15.7 Å². The summed E-state index contributed by atoms with van der Waals surface area (Å²) in [5.41, 5.74) is 1.02. The molecule has 1 amide bonds. The Bertz CT molecular complexity index is 941. The summed E-state index contributed by atoms with van der Waals surface area (Å²) in [6.07, 6.45) is 0. The van der Waals surface area contributed by atoms with Crippen LogP contribution in [-0.2, 0) is 19.4 Å². The molecule has 152 valence electrons. The standard InChI is InChI=1S/C19H23NO7S/c1-13-4-5-16(10-14(13)2)27-15-6-8-17(9-7-15)28(24,25)12-19(22,11-26-3)18(21)20-23/h4-10,22-23H,11-12H2,1-3H3,(H,20,21). The Labute approximate surface area is 163 Å². The third kappa shape index (κ3) is 5.08. The van der Waals surface area contributed by atoms with E-state index in [1.165, 1.54) is 36.9 Å². The molecule has 3 N–H and O–H groups in total. The molecule has 0 heterocycles. The number of hydrogen-bond acceptors (Lipinski definition) is 7. The van der Waals surface area contributed by atoms with Gasteiger partial charge in [-0.2, -0.15) is 0 Å². The van der Waals surface area contributed by atoms with Gasteiger partial charge in [-0.15, -0.1) is 0 Å². The van der Waals surface area contributed by atoms with E-state index in [4.69, 9.17) is 14.7 Å². The summed E-state index contributed by atoms with van der Waals surface area (Å²) in [7, 11) is -2.86. The van der Waals surface area contributed by atoms with Crippen molar-refractivity contribution in [2.24, 2.45) is 0 Å². The molecule has 0 aliphatic carbocycles. The van der Waals surface area contributed by atoms with Crippen LogP contribution in [0.1, 0.15) is 11.1 Å². The number of nitrogens with one attached hydrogen (secondary N) is 1. The number of hydrogen-bond donors (Lipinski definition) is 3. The molecule has 0 fully saturated rings. The lowest BCUT2D eigenvalue weighted by molar-refractivity contribution is -0.151. The van der Waals surface area contributed by atoms with Crippen LogP contribution in [0.3, 0.4) is 0 Å². The first-order valence-corrected chi connectivity index (χ1v) is 10.0. The molecule has 0 saturated carbocycles. The molecule has 9 heteroatoms. The quantitative estimate of drug-likeness (QED) is 0.448. The average molecular weight is 409 g/mol. The number of ether oxygens (including phenoxy) is 2. The van der Waals surface area contributed by atoms with Crippen molar-refractivity contribution < 1.29 is 33.0 Å². The monoisotopic (exact) mass is 409 g/mol. The Morgan fingerprint density at radius 3 is 2.21 bits per heavy atom. The second-order valence-electron chi connectivity index (χ2n) is 6.48. The van der Waals surface area contributed by atoms with Gasteiger partial charge >= 0.3 is 0 Å². The number of carbonyl (C=O) groups excluding carboxylic acids is 1. The summed E-state index contributed by atoms with van der Waals surface area (Å²) < 4.78 is 35.6. The Kier molecular flexibility index (Phi) is 6.78. The topological polar surface area (TPSA) is 122 Å². The number of rotatable bonds is 8. The minimum absolute atomic E-state index is 0.111. The van der Waals surface area contributed by atoms with E-state index in [-0.39, 0.29) is 4.90 Å². The van der Waals surface area contributed by atoms with E-state index in [1.54, 1.807) is 0 Å². The first-order valence-electron chi connectivity index (χ1n) is 8.35. The molecule has 28 heavy (non-hydrogen) atoms. The number of amides is 1. The molecule has 1 atom stereocenters. The summed E-state index contributed by atoms with van der Waals surface area (Å²) in [5, 5.41) is 19.0. The third-order valence-corrected chi connectivity index (χ3v) is 6.08. The van der Waals surface area contributed by atoms with Crippen molar-refractivity contribution in [1.82, 2.24) is 5.48 Å². The Hall–Kier alpha value is -2.46. The first kappa shape index (κ1) is 21.8. The van der Waals surface area contributed by atoms with E-state index in [0.717, 1.165) is 11.1 Å². The van der Waals surface area contributed by atoms with E-state index in [0.29, 0.717) is 11.5 Å². The van der Waals surface area contributed by atoms with Crippen molar-refractivity contribution in [2.45, 2.75) is 24.3 Å². The van der Waals surface area contributed by atoms with Gasteiger partial charge in [-0.25, -0.2) is 13.9 Å². The van der Waals surface area contributed by atoms with Crippen molar-refractivity contribution in [3.63, 3.8) is 0 Å². The SMILES string of the molecule is COCC(O)(CS(=O)(=O)c1ccc(Oc2ccc(C)c(C)c2)cc1)C(=O)NO. The molecule has 2 rings (SSSR count). The zero-order valence-corrected chi connectivity index (χ0v) is 16.6. The minimum atomic E-state index is -4.05. The van der Waals surface area contributed by atoms with Crippen LogP contribution >= 0.6 is 0 Å². The largest absolute Gasteiger partial charge is 0.457 e. The second-order valence-corrected chi connectivity index (χ2v) is 8.47. The Morgan fingerprint density at radius 1 is 1.07 bits per heavy atom. The van der Waals surface area contributed by atoms with E-state index in [9.17, 15) is 18.3 Å². The fourth-order valence-corrected chi connectivity index (χ4v) is 4.10. The maximum absolute atomic E-state index is 12.6. The summed E-state index contributed by atoms with van der Waals surface area (Å²) >= 11 is 0. The van der Waals surface area contributed by atoms with Crippen LogP contribution in [0.15, 0.2) is 47.4 Å². The van der Waals surface area contributed by atoms with Crippen molar-refractivity contribution in [2.75, 3.05) is 19.5 Å². The van der Waals surface area contributed by atoms with Crippen molar-refractivity contribution in [1.29, 1.82) is 0 Å². The fourth-order valence-electron chi connectivity index (χ4n) is 2.54. The summed E-state index contributed by atoms with van der Waals surface area (Å²) in [6.45, 7) is 3.34. The van der Waals surface area contributed by atoms with Gasteiger partial charge in [0.05, 0.1) is 17.3 Å². The molecule has 0 aromatic heterocycles. The highest BCUT2D eigenvalue weighted by molar-refractivity contribution is 7.91. The predicted octanol–water partition coefficient (Wildman–Crippen LogP) is 1.75. The van der Waals surface area contributed by atoms with Gasteiger partial charge < -0.3 is 14.6 Å². The lowest BCUT2D eigenvalue weighted by atomic mass is 10.1. The molecular weight excluding hydrogens is 386 g/mol. The van der Waals surface area contributed by atoms with E-state index >= 15 is 0 Å². The molecule has 2 aromatic carbocycles. The molecular formula is C19H23NO7S. The van der Waals surface area contributed by atoms with Crippen molar-refractivity contribution in [3.8, 4) is 11.5 Å². The number of aryl methyl sites for hydroxylation is 2. The van der Waals surface area contributed by atoms with Crippen LogP contribution in [-0.4, -0.2) is 49.7 Å². The van der Waals surface area contributed by atoms with Gasteiger partial charge in [-0.3, -0.25) is 10.0 Å². The van der Waals surface area contributed by atoms with Gasteiger partial charge in [-0.05, 0) is 61.4 Å². The van der Waals surface area contributed by atoms with Gasteiger partial charge in [0, 0.05) is 7.11 Å². The smallest absolute Gasteiger partial charge is 0.278 e. The van der Waals surface area contributed by atoms with Crippen LogP contribution in [0.4, 0.5) is 0 Å². The lowest BCUT2D eigenvalue weighted by Gasteiger charge is -2.24. The number of benzene rings is 2. The maximum Gasteiger partial charge on any atom is 0.278 e. The summed E-state index contributed by atoms with van der Waals surface area (Å²) in [5.74, 6) is -1.18. The highest BCUT2D eigenvalue weighted by Crippen LogP contribution is 2.26. The zero-order chi connectivity index (χ0) is 20.9. The first-order chi connectivity index (χ1) is 13.1. The van der Waals surface area contributed by atoms with E-state index in [1.807, 2.05) is 32.0 Å². The Balaban J connectivity index is 2.20. The zero-order valence-electron chi connectivity index (χ0n) is 15.8. The van der Waals surface area contributed by atoms with E-state index < -0.39 is 33.7 Å². The highest BCUT2D eigenvalue weighted by Gasteiger charge is 2.41. The normalized spacial score (nSPS) is 13.6. The van der Waals surface area contributed by atoms with Gasteiger partial charge in [0.2, 0.25) is 0 Å². The van der Waals surface area contributed by atoms with Crippen LogP contribution in [0.5, 0.6) is 11.5 Å². The number of aliphatic hydroxyl groups is 1. The van der Waals surface area contributed by atoms with Crippen LogP contribution in [0, 0.1) is 13.8 Å². The molecule has 1 unspecified atom stereocenters. The highest BCUT2D eigenvalue weighted by atomic mass is 32.2. The molecule has 0 bridgehead atoms. The molecule has 0 aliphatic rings. The predicted molar refractivity (Wildman–Crippen MR) is 101 cm³/mol. The minimum Gasteiger partial charge on any atom is -0.457 e. The van der Waals surface area contributed by atoms with Gasteiger partial charge in [-0.1, -0.05) is 6.07 Å². The average Bonchev–Trinajstić information content (AvgIpc) is 2.64. The molecule has 8 nitrogen and oxygen atoms in total. The summed E-state index contributed by atoms with van der Waals surface area (Å²) in [6, 6.07) is 11.2. The van der Waals surface area contributed by atoms with Crippen LogP contribution < -0.4 is 10.2 Å². The number of methoxy groups -OCH3 is 1. The Morgan fingerprint density at radius 2 is 1.68 bits per heavy atom. The molecule has 0 aliphatic heterocycles.